The van der Waals surface area contributed by atoms with E-state index in [0.717, 1.165) is 43.9 Å². The van der Waals surface area contributed by atoms with Crippen molar-refractivity contribution in [2.24, 2.45) is 10.7 Å². The molecule has 2 aromatic carbocycles. The Morgan fingerprint density at radius 3 is 2.37 bits per heavy atom. The number of nitrogens with two attached hydrogens (primary N) is 1. The number of dihydropyridines is 1. The van der Waals surface area contributed by atoms with Gasteiger partial charge in [0.05, 0.1) is 0 Å². The highest BCUT2D eigenvalue weighted by molar-refractivity contribution is 5.91. The second-order valence-corrected chi connectivity index (χ2v) is 7.61. The molecule has 2 aromatic rings. The summed E-state index contributed by atoms with van der Waals surface area (Å²) in [6.07, 6.45) is 4.13. The zero-order valence-electron chi connectivity index (χ0n) is 16.7. The first kappa shape index (κ1) is 20.3. The molecule has 0 radical (unpaired) electrons. The lowest BCUT2D eigenvalue weighted by atomic mass is 9.81. The van der Waals surface area contributed by atoms with Crippen LogP contribution in [0.3, 0.4) is 0 Å². The van der Waals surface area contributed by atoms with E-state index in [9.17, 15) is 9.18 Å². The number of allylic oxidation sites excluding steroid dienone is 1. The number of carbonyl (C=O) groups is 1. The van der Waals surface area contributed by atoms with E-state index in [2.05, 4.69) is 15.2 Å². The Morgan fingerprint density at radius 1 is 1.10 bits per heavy atom. The standard InChI is InChI=1S/C23H25FN4O2/c24-19-3-7-21(8-4-19)30-20-5-1-18(2-6-20)23(22(25)29)15-17(9-10-27-23)16-28-13-11-26-12-14-28/h1-10,26H,11-16H2,(H2,25,29). The number of ether oxygens (including phenoxy) is 1. The number of primary amides is 1. The number of aliphatic imine (C=N–C) groups is 1. The highest BCUT2D eigenvalue weighted by Gasteiger charge is 2.40. The average Bonchev–Trinajstić information content (AvgIpc) is 2.76. The molecule has 0 saturated carbocycles. The molecule has 3 N–H and O–H groups in total. The second kappa shape index (κ2) is 8.77. The van der Waals surface area contributed by atoms with Crippen LogP contribution in [-0.4, -0.2) is 49.7 Å². The van der Waals surface area contributed by atoms with Gasteiger partial charge < -0.3 is 15.8 Å². The molecule has 0 spiro atoms. The number of hydrogen-bond donors (Lipinski definition) is 2. The van der Waals surface area contributed by atoms with E-state index < -0.39 is 11.4 Å². The molecule has 1 amide bonds. The van der Waals surface area contributed by atoms with Crippen LogP contribution in [0.2, 0.25) is 0 Å². The van der Waals surface area contributed by atoms with Gasteiger partial charge in [-0.05, 0) is 48.0 Å². The number of piperazine rings is 1. The minimum absolute atomic E-state index is 0.319. The fraction of sp³-hybridized carbons (Fsp3) is 0.304. The minimum atomic E-state index is -1.12. The van der Waals surface area contributed by atoms with Crippen LogP contribution >= 0.6 is 0 Å². The number of benzene rings is 2. The molecule has 2 heterocycles. The van der Waals surface area contributed by atoms with E-state index >= 15 is 0 Å². The Bertz CT molecular complexity index is 950. The maximum absolute atomic E-state index is 13.1. The zero-order chi connectivity index (χ0) is 21.0. The maximum Gasteiger partial charge on any atom is 0.250 e. The first-order valence-electron chi connectivity index (χ1n) is 10.1. The van der Waals surface area contributed by atoms with Gasteiger partial charge in [-0.3, -0.25) is 14.7 Å². The summed E-state index contributed by atoms with van der Waals surface area (Å²) < 4.78 is 18.8. The lowest BCUT2D eigenvalue weighted by molar-refractivity contribution is -0.123. The Balaban J connectivity index is 1.50. The molecule has 1 unspecified atom stereocenters. The smallest absolute Gasteiger partial charge is 0.250 e. The molecule has 30 heavy (non-hydrogen) atoms. The third-order valence-electron chi connectivity index (χ3n) is 5.51. The molecule has 2 aliphatic rings. The lowest BCUT2D eigenvalue weighted by Gasteiger charge is -2.33. The van der Waals surface area contributed by atoms with Crippen molar-refractivity contribution in [1.29, 1.82) is 0 Å². The molecule has 0 aliphatic carbocycles. The largest absolute Gasteiger partial charge is 0.457 e. The molecular weight excluding hydrogens is 383 g/mol. The summed E-state index contributed by atoms with van der Waals surface area (Å²) in [5.41, 5.74) is 6.58. The molecule has 6 nitrogen and oxygen atoms in total. The summed E-state index contributed by atoms with van der Waals surface area (Å²) in [6.45, 7) is 4.70. The average molecular weight is 408 g/mol. The van der Waals surface area contributed by atoms with Gasteiger partial charge >= 0.3 is 0 Å². The van der Waals surface area contributed by atoms with Crippen molar-refractivity contribution < 1.29 is 13.9 Å². The van der Waals surface area contributed by atoms with Gasteiger partial charge in [-0.25, -0.2) is 4.39 Å². The van der Waals surface area contributed by atoms with Crippen LogP contribution in [0.25, 0.3) is 0 Å². The van der Waals surface area contributed by atoms with Crippen molar-refractivity contribution in [3.63, 3.8) is 0 Å². The number of amides is 1. The number of nitrogens with one attached hydrogen (secondary N) is 1. The summed E-state index contributed by atoms with van der Waals surface area (Å²) in [5, 5.41) is 3.35. The Kier molecular flexibility index (Phi) is 5.92. The summed E-state index contributed by atoms with van der Waals surface area (Å²) in [4.78, 5) is 19.4. The number of halogens is 1. The van der Waals surface area contributed by atoms with Crippen molar-refractivity contribution in [3.05, 3.63) is 71.6 Å². The minimum Gasteiger partial charge on any atom is -0.457 e. The molecule has 1 saturated heterocycles. The van der Waals surface area contributed by atoms with Crippen molar-refractivity contribution >= 4 is 12.1 Å². The van der Waals surface area contributed by atoms with Crippen LogP contribution in [0.15, 0.2) is 65.2 Å². The lowest BCUT2D eigenvalue weighted by Crippen LogP contribution is -2.46. The molecular formula is C23H25FN4O2. The Morgan fingerprint density at radius 2 is 1.73 bits per heavy atom. The number of hydrogen-bond acceptors (Lipinski definition) is 5. The van der Waals surface area contributed by atoms with Crippen LogP contribution in [0, 0.1) is 5.82 Å². The maximum atomic E-state index is 13.1. The van der Waals surface area contributed by atoms with Crippen molar-refractivity contribution in [2.45, 2.75) is 12.0 Å². The highest BCUT2D eigenvalue weighted by atomic mass is 19.1. The predicted octanol–water partition coefficient (Wildman–Crippen LogP) is 2.60. The van der Waals surface area contributed by atoms with Crippen molar-refractivity contribution in [1.82, 2.24) is 10.2 Å². The SMILES string of the molecule is NC(=O)C1(c2ccc(Oc3ccc(F)cc3)cc2)CC(CN2CCNCC2)=CC=N1. The first-order valence-corrected chi connectivity index (χ1v) is 10.1. The van der Waals surface area contributed by atoms with E-state index in [0.29, 0.717) is 17.9 Å². The molecule has 7 heteroatoms. The van der Waals surface area contributed by atoms with Crippen LogP contribution in [0.5, 0.6) is 11.5 Å². The fourth-order valence-electron chi connectivity index (χ4n) is 3.88. The van der Waals surface area contributed by atoms with Crippen LogP contribution < -0.4 is 15.8 Å². The molecule has 2 aliphatic heterocycles. The van der Waals surface area contributed by atoms with E-state index in [-0.39, 0.29) is 5.82 Å². The Labute approximate surface area is 175 Å². The predicted molar refractivity (Wildman–Crippen MR) is 114 cm³/mol. The normalized spacial score (nSPS) is 21.8. The second-order valence-electron chi connectivity index (χ2n) is 7.61. The zero-order valence-corrected chi connectivity index (χ0v) is 16.7. The van der Waals surface area contributed by atoms with Gasteiger partial charge in [-0.15, -0.1) is 0 Å². The van der Waals surface area contributed by atoms with Gasteiger partial charge in [-0.1, -0.05) is 17.7 Å². The van der Waals surface area contributed by atoms with Gasteiger partial charge in [0, 0.05) is 45.4 Å². The molecule has 156 valence electrons. The molecule has 0 aromatic heterocycles. The fourth-order valence-corrected chi connectivity index (χ4v) is 3.88. The van der Waals surface area contributed by atoms with Gasteiger partial charge in [-0.2, -0.15) is 0 Å². The van der Waals surface area contributed by atoms with Crippen LogP contribution in [0.4, 0.5) is 4.39 Å². The van der Waals surface area contributed by atoms with Crippen molar-refractivity contribution in [3.8, 4) is 11.5 Å². The molecule has 4 rings (SSSR count). The van der Waals surface area contributed by atoms with E-state index in [1.165, 1.54) is 12.1 Å². The van der Waals surface area contributed by atoms with Gasteiger partial charge in [0.25, 0.3) is 0 Å². The Hall–Kier alpha value is -3.03. The van der Waals surface area contributed by atoms with E-state index in [4.69, 9.17) is 10.5 Å². The summed E-state index contributed by atoms with van der Waals surface area (Å²) in [6, 6.07) is 13.0. The number of rotatable bonds is 6. The summed E-state index contributed by atoms with van der Waals surface area (Å²) in [5.74, 6) is 0.324. The number of carbonyl (C=O) groups excluding carboxylic acids is 1. The van der Waals surface area contributed by atoms with E-state index in [1.54, 1.807) is 30.5 Å². The molecule has 1 atom stereocenters. The van der Waals surface area contributed by atoms with Crippen molar-refractivity contribution in [2.75, 3.05) is 32.7 Å². The number of nitrogens with zero attached hydrogens (tertiary/aromatic N) is 2. The topological polar surface area (TPSA) is 80.0 Å². The first-order chi connectivity index (χ1) is 14.5. The summed E-state index contributed by atoms with van der Waals surface area (Å²) >= 11 is 0. The summed E-state index contributed by atoms with van der Waals surface area (Å²) in [7, 11) is 0. The van der Waals surface area contributed by atoms with Crippen LogP contribution in [-0.2, 0) is 10.3 Å². The molecule has 0 bridgehead atoms. The highest BCUT2D eigenvalue weighted by Crippen LogP contribution is 2.36. The van der Waals surface area contributed by atoms with Crippen LogP contribution in [0.1, 0.15) is 12.0 Å². The van der Waals surface area contributed by atoms with E-state index in [1.807, 2.05) is 18.2 Å². The quantitative estimate of drug-likeness (QED) is 0.770. The third-order valence-corrected chi connectivity index (χ3v) is 5.51. The molecule has 1 fully saturated rings. The van der Waals surface area contributed by atoms with Gasteiger partial charge in [0.15, 0.2) is 5.54 Å². The van der Waals surface area contributed by atoms with Gasteiger partial charge in [0.2, 0.25) is 5.91 Å². The monoisotopic (exact) mass is 408 g/mol. The third kappa shape index (κ3) is 4.42. The van der Waals surface area contributed by atoms with Gasteiger partial charge in [0.1, 0.15) is 17.3 Å².